The van der Waals surface area contributed by atoms with Crippen LogP contribution in [0.25, 0.3) is 0 Å². The minimum absolute atomic E-state index is 0.0836. The number of hydrogen-bond donors (Lipinski definition) is 1. The lowest BCUT2D eigenvalue weighted by Crippen LogP contribution is -2.33. The number of pyridine rings is 1. The van der Waals surface area contributed by atoms with Crippen molar-refractivity contribution in [2.45, 2.75) is 56.7 Å². The minimum atomic E-state index is 0.0836. The fourth-order valence-electron chi connectivity index (χ4n) is 4.87. The molecule has 1 aliphatic heterocycles. The molecule has 2 aromatic heterocycles. The predicted octanol–water partition coefficient (Wildman–Crippen LogP) is 4.31. The molecular weight excluding hydrogens is 378 g/mol. The Morgan fingerprint density at radius 3 is 2.69 bits per heavy atom. The molecule has 1 saturated heterocycles. The zero-order valence-electron chi connectivity index (χ0n) is 17.6. The second-order valence-electron chi connectivity index (χ2n) is 8.61. The normalized spacial score (nSPS) is 23.0. The van der Waals surface area contributed by atoms with Gasteiger partial charge in [-0.15, -0.1) is 0 Å². The van der Waals surface area contributed by atoms with Crippen LogP contribution in [0.4, 0.5) is 0 Å². The van der Waals surface area contributed by atoms with Gasteiger partial charge in [0.1, 0.15) is 0 Å². The van der Waals surface area contributed by atoms with Gasteiger partial charge in [-0.3, -0.25) is 4.98 Å². The maximum Gasteiger partial charge on any atom is 0.170 e. The third-order valence-electron chi connectivity index (χ3n) is 6.29. The molecule has 6 heteroatoms. The van der Waals surface area contributed by atoms with Crippen molar-refractivity contribution < 1.29 is 0 Å². The number of hydrogen-bond acceptors (Lipinski definition) is 3. The molecule has 29 heavy (non-hydrogen) atoms. The van der Waals surface area contributed by atoms with Crippen molar-refractivity contribution in [3.63, 3.8) is 0 Å². The zero-order valence-corrected chi connectivity index (χ0v) is 18.4. The maximum atomic E-state index is 5.81. The standard InChI is InChI=1S/C23H33N5S/c1-26(2)15-9-17-28-22(21(25-23(28)29)19-12-6-7-14-24-19)20-13-8-16-27(20)18-10-4-3-5-11-18/h6-8,12-14,16,18,21-22H,3-5,9-11,15,17H2,1-2H3,(H,25,29). The maximum absolute atomic E-state index is 5.81. The van der Waals surface area contributed by atoms with E-state index in [4.69, 9.17) is 12.2 Å². The molecule has 1 N–H and O–H groups in total. The van der Waals surface area contributed by atoms with Crippen LogP contribution >= 0.6 is 12.2 Å². The van der Waals surface area contributed by atoms with Gasteiger partial charge in [0.25, 0.3) is 0 Å². The zero-order chi connectivity index (χ0) is 20.2. The van der Waals surface area contributed by atoms with E-state index in [1.165, 1.54) is 37.8 Å². The van der Waals surface area contributed by atoms with Gasteiger partial charge in [0.2, 0.25) is 0 Å². The third-order valence-corrected chi connectivity index (χ3v) is 6.64. The average molecular weight is 412 g/mol. The van der Waals surface area contributed by atoms with Gasteiger partial charge >= 0.3 is 0 Å². The molecule has 1 aliphatic carbocycles. The van der Waals surface area contributed by atoms with Crippen LogP contribution in [0.5, 0.6) is 0 Å². The molecule has 4 rings (SSSR count). The van der Waals surface area contributed by atoms with E-state index < -0.39 is 0 Å². The van der Waals surface area contributed by atoms with Crippen molar-refractivity contribution in [1.29, 1.82) is 0 Å². The SMILES string of the molecule is CN(C)CCCN1C(=S)NC(c2ccccn2)C1c1cccn1C1CCCCC1. The van der Waals surface area contributed by atoms with E-state index in [1.807, 2.05) is 12.3 Å². The van der Waals surface area contributed by atoms with E-state index in [2.05, 4.69) is 69.2 Å². The summed E-state index contributed by atoms with van der Waals surface area (Å²) in [6.07, 6.45) is 11.8. The molecule has 0 aromatic carbocycles. The Hall–Kier alpha value is -1.92. The average Bonchev–Trinajstić information content (AvgIpc) is 3.34. The highest BCUT2D eigenvalue weighted by atomic mass is 32.1. The lowest BCUT2D eigenvalue weighted by atomic mass is 9.94. The van der Waals surface area contributed by atoms with Crippen molar-refractivity contribution in [3.8, 4) is 0 Å². The van der Waals surface area contributed by atoms with Crippen LogP contribution < -0.4 is 5.32 Å². The lowest BCUT2D eigenvalue weighted by Gasteiger charge is -2.32. The molecule has 2 fully saturated rings. The summed E-state index contributed by atoms with van der Waals surface area (Å²) >= 11 is 5.81. The number of nitrogens with zero attached hydrogens (tertiary/aromatic N) is 4. The van der Waals surface area contributed by atoms with Crippen molar-refractivity contribution in [2.24, 2.45) is 0 Å². The van der Waals surface area contributed by atoms with Crippen LogP contribution in [0.2, 0.25) is 0 Å². The Morgan fingerprint density at radius 1 is 1.14 bits per heavy atom. The summed E-state index contributed by atoms with van der Waals surface area (Å²) in [6, 6.07) is 11.5. The van der Waals surface area contributed by atoms with Gasteiger partial charge in [-0.1, -0.05) is 25.3 Å². The van der Waals surface area contributed by atoms with Crippen LogP contribution in [-0.2, 0) is 0 Å². The van der Waals surface area contributed by atoms with Crippen LogP contribution in [0.3, 0.4) is 0 Å². The van der Waals surface area contributed by atoms with Gasteiger partial charge in [-0.25, -0.2) is 0 Å². The highest BCUT2D eigenvalue weighted by molar-refractivity contribution is 7.80. The van der Waals surface area contributed by atoms with E-state index in [9.17, 15) is 0 Å². The molecule has 0 spiro atoms. The second-order valence-corrected chi connectivity index (χ2v) is 9.00. The molecule has 156 valence electrons. The predicted molar refractivity (Wildman–Crippen MR) is 122 cm³/mol. The van der Waals surface area contributed by atoms with Crippen LogP contribution in [0.1, 0.15) is 68.0 Å². The van der Waals surface area contributed by atoms with Gasteiger partial charge in [-0.05, 0) is 76.4 Å². The van der Waals surface area contributed by atoms with E-state index in [0.29, 0.717) is 6.04 Å². The van der Waals surface area contributed by atoms with Gasteiger partial charge in [0, 0.05) is 30.7 Å². The molecule has 0 radical (unpaired) electrons. The minimum Gasteiger partial charge on any atom is -0.352 e. The molecule has 0 amide bonds. The van der Waals surface area contributed by atoms with Crippen molar-refractivity contribution in [1.82, 2.24) is 24.7 Å². The van der Waals surface area contributed by atoms with Gasteiger partial charge in [0.05, 0.1) is 17.8 Å². The Morgan fingerprint density at radius 2 is 1.97 bits per heavy atom. The van der Waals surface area contributed by atoms with Crippen LogP contribution in [0.15, 0.2) is 42.7 Å². The quantitative estimate of drug-likeness (QED) is 0.687. The molecule has 2 aliphatic rings. The van der Waals surface area contributed by atoms with Crippen molar-refractivity contribution in [2.75, 3.05) is 27.2 Å². The fourth-order valence-corrected chi connectivity index (χ4v) is 5.21. The summed E-state index contributed by atoms with van der Waals surface area (Å²) in [7, 11) is 4.26. The summed E-state index contributed by atoms with van der Waals surface area (Å²) in [5.41, 5.74) is 2.43. The first-order valence-electron chi connectivity index (χ1n) is 10.9. The molecular formula is C23H33N5S. The van der Waals surface area contributed by atoms with E-state index in [-0.39, 0.29) is 12.1 Å². The smallest absolute Gasteiger partial charge is 0.170 e. The second kappa shape index (κ2) is 9.26. The highest BCUT2D eigenvalue weighted by Crippen LogP contribution is 2.41. The first-order valence-corrected chi connectivity index (χ1v) is 11.4. The summed E-state index contributed by atoms with van der Waals surface area (Å²) in [6.45, 7) is 2.01. The molecule has 0 bridgehead atoms. The Labute approximate surface area is 180 Å². The first-order chi connectivity index (χ1) is 14.1. The van der Waals surface area contributed by atoms with E-state index in [0.717, 1.165) is 30.3 Å². The van der Waals surface area contributed by atoms with Gasteiger partial charge in [0.15, 0.2) is 5.11 Å². The Kier molecular flexibility index (Phi) is 6.50. The van der Waals surface area contributed by atoms with Crippen LogP contribution in [0, 0.1) is 0 Å². The number of thiocarbonyl (C=S) groups is 1. The topological polar surface area (TPSA) is 36.3 Å². The van der Waals surface area contributed by atoms with Crippen LogP contribution in [-0.4, -0.2) is 51.6 Å². The lowest BCUT2D eigenvalue weighted by molar-refractivity contribution is 0.267. The molecule has 2 unspecified atom stereocenters. The van der Waals surface area contributed by atoms with Crippen molar-refractivity contribution in [3.05, 3.63) is 54.1 Å². The van der Waals surface area contributed by atoms with Crippen molar-refractivity contribution >= 4 is 17.3 Å². The third kappa shape index (κ3) is 4.48. The number of aromatic nitrogens is 2. The first kappa shape index (κ1) is 20.4. The number of nitrogens with one attached hydrogen (secondary N) is 1. The summed E-state index contributed by atoms with van der Waals surface area (Å²) in [5, 5.41) is 4.44. The largest absolute Gasteiger partial charge is 0.352 e. The molecule has 5 nitrogen and oxygen atoms in total. The molecule has 2 atom stereocenters. The van der Waals surface area contributed by atoms with E-state index >= 15 is 0 Å². The summed E-state index contributed by atoms with van der Waals surface area (Å²) < 4.78 is 2.54. The molecule has 2 aromatic rings. The fraction of sp³-hybridized carbons (Fsp3) is 0.565. The highest BCUT2D eigenvalue weighted by Gasteiger charge is 2.41. The van der Waals surface area contributed by atoms with Gasteiger partial charge in [-0.2, -0.15) is 0 Å². The molecule has 1 saturated carbocycles. The van der Waals surface area contributed by atoms with E-state index in [1.54, 1.807) is 0 Å². The summed E-state index contributed by atoms with van der Waals surface area (Å²) in [4.78, 5) is 9.31. The number of rotatable bonds is 7. The molecule has 3 heterocycles. The monoisotopic (exact) mass is 411 g/mol. The Bertz CT molecular complexity index is 797. The summed E-state index contributed by atoms with van der Waals surface area (Å²) in [5.74, 6) is 0. The van der Waals surface area contributed by atoms with Gasteiger partial charge < -0.3 is 19.7 Å². The Balaban J connectivity index is 1.66.